The van der Waals surface area contributed by atoms with Crippen molar-refractivity contribution in [3.8, 4) is 5.88 Å². The van der Waals surface area contributed by atoms with Crippen molar-refractivity contribution in [2.45, 2.75) is 31.8 Å². The molecule has 0 amide bonds. The molecule has 1 aromatic rings. The molecule has 2 rings (SSSR count). The molecule has 0 aliphatic carbocycles. The highest BCUT2D eigenvalue weighted by molar-refractivity contribution is 5.78. The van der Waals surface area contributed by atoms with Crippen molar-refractivity contribution in [2.24, 2.45) is 0 Å². The van der Waals surface area contributed by atoms with E-state index in [-0.39, 0.29) is 0 Å². The minimum absolute atomic E-state index is 0.571. The van der Waals surface area contributed by atoms with Crippen molar-refractivity contribution in [2.75, 3.05) is 13.7 Å². The zero-order valence-electron chi connectivity index (χ0n) is 10.7. The lowest BCUT2D eigenvalue weighted by atomic mass is 9.99. The van der Waals surface area contributed by atoms with Crippen LogP contribution in [0.4, 0.5) is 0 Å². The van der Waals surface area contributed by atoms with E-state index in [1.807, 2.05) is 11.0 Å². The molecule has 18 heavy (non-hydrogen) atoms. The Bertz CT molecular complexity index is 432. The smallest absolute Gasteiger partial charge is 0.323 e. The summed E-state index contributed by atoms with van der Waals surface area (Å²) in [6, 6.07) is 3.72. The van der Waals surface area contributed by atoms with Crippen molar-refractivity contribution in [1.82, 2.24) is 9.88 Å². The zero-order chi connectivity index (χ0) is 13.2. The molecule has 1 aliphatic rings. The third kappa shape index (κ3) is 2.31. The van der Waals surface area contributed by atoms with Crippen molar-refractivity contribution in [3.05, 3.63) is 23.9 Å². The highest BCUT2D eigenvalue weighted by Gasteiger charge is 2.43. The van der Waals surface area contributed by atoms with Crippen LogP contribution < -0.4 is 4.74 Å². The molecule has 1 N–H and O–H groups in total. The van der Waals surface area contributed by atoms with Crippen LogP contribution in [0.2, 0.25) is 0 Å². The van der Waals surface area contributed by atoms with Crippen LogP contribution in [0.3, 0.4) is 0 Å². The van der Waals surface area contributed by atoms with Gasteiger partial charge in [-0.15, -0.1) is 0 Å². The molecule has 0 bridgehead atoms. The number of likely N-dealkylation sites (tertiary alicyclic amines) is 1. The molecule has 0 spiro atoms. The van der Waals surface area contributed by atoms with Crippen LogP contribution in [-0.2, 0) is 11.3 Å². The molecule has 5 heteroatoms. The van der Waals surface area contributed by atoms with E-state index in [4.69, 9.17) is 4.74 Å². The normalized spacial score (nSPS) is 24.1. The van der Waals surface area contributed by atoms with E-state index in [9.17, 15) is 9.90 Å². The average molecular weight is 250 g/mol. The lowest BCUT2D eigenvalue weighted by Crippen LogP contribution is -2.47. The summed E-state index contributed by atoms with van der Waals surface area (Å²) in [6.45, 7) is 3.22. The molecule has 0 saturated carbocycles. The fourth-order valence-corrected chi connectivity index (χ4v) is 2.36. The van der Waals surface area contributed by atoms with Gasteiger partial charge in [-0.2, -0.15) is 0 Å². The summed E-state index contributed by atoms with van der Waals surface area (Å²) in [5, 5.41) is 9.33. The van der Waals surface area contributed by atoms with Crippen LogP contribution >= 0.6 is 0 Å². The Morgan fingerprint density at radius 1 is 1.61 bits per heavy atom. The van der Waals surface area contributed by atoms with Gasteiger partial charge in [-0.05, 0) is 31.9 Å². The summed E-state index contributed by atoms with van der Waals surface area (Å²) in [4.78, 5) is 17.5. The van der Waals surface area contributed by atoms with Crippen LogP contribution in [0.25, 0.3) is 0 Å². The van der Waals surface area contributed by atoms with Gasteiger partial charge in [0.25, 0.3) is 0 Å². The number of hydrogen-bond donors (Lipinski definition) is 1. The lowest BCUT2D eigenvalue weighted by molar-refractivity contribution is -0.148. The number of aromatic nitrogens is 1. The number of methoxy groups -OCH3 is 1. The molecule has 1 unspecified atom stereocenters. The molecular weight excluding hydrogens is 232 g/mol. The summed E-state index contributed by atoms with van der Waals surface area (Å²) in [5.74, 6) is -0.178. The minimum atomic E-state index is -0.750. The van der Waals surface area contributed by atoms with E-state index in [1.54, 1.807) is 26.3 Å². The molecule has 0 radical (unpaired) electrons. The number of carboxylic acid groups (broad SMARTS) is 1. The Hall–Kier alpha value is -1.62. The first-order valence-electron chi connectivity index (χ1n) is 6.03. The van der Waals surface area contributed by atoms with E-state index < -0.39 is 11.5 Å². The molecule has 0 aromatic carbocycles. The lowest BCUT2D eigenvalue weighted by Gasteiger charge is -2.31. The first kappa shape index (κ1) is 12.8. The van der Waals surface area contributed by atoms with Gasteiger partial charge in [-0.25, -0.2) is 4.98 Å². The highest BCUT2D eigenvalue weighted by atomic mass is 16.5. The number of nitrogens with zero attached hydrogens (tertiary/aromatic N) is 2. The number of rotatable bonds is 4. The fourth-order valence-electron chi connectivity index (χ4n) is 2.36. The predicted molar refractivity (Wildman–Crippen MR) is 66.5 cm³/mol. The van der Waals surface area contributed by atoms with Gasteiger partial charge in [0.05, 0.1) is 7.11 Å². The maximum absolute atomic E-state index is 11.3. The number of pyridine rings is 1. The maximum atomic E-state index is 11.3. The van der Waals surface area contributed by atoms with Gasteiger partial charge in [0.15, 0.2) is 0 Å². The van der Waals surface area contributed by atoms with Gasteiger partial charge in [0, 0.05) is 18.8 Å². The molecule has 5 nitrogen and oxygen atoms in total. The van der Waals surface area contributed by atoms with Gasteiger partial charge < -0.3 is 9.84 Å². The van der Waals surface area contributed by atoms with Crippen LogP contribution in [0.5, 0.6) is 5.88 Å². The first-order valence-corrected chi connectivity index (χ1v) is 6.03. The zero-order valence-corrected chi connectivity index (χ0v) is 10.7. The third-order valence-corrected chi connectivity index (χ3v) is 3.63. The Morgan fingerprint density at radius 2 is 2.39 bits per heavy atom. The van der Waals surface area contributed by atoms with Gasteiger partial charge in [-0.1, -0.05) is 6.07 Å². The summed E-state index contributed by atoms with van der Waals surface area (Å²) in [7, 11) is 1.57. The third-order valence-electron chi connectivity index (χ3n) is 3.63. The SMILES string of the molecule is COc1ccc(CN2CCCC2(C)C(=O)O)cn1. The molecular formula is C13H18N2O3. The van der Waals surface area contributed by atoms with E-state index in [1.165, 1.54) is 0 Å². The van der Waals surface area contributed by atoms with E-state index in [0.29, 0.717) is 18.8 Å². The van der Waals surface area contributed by atoms with Crippen LogP contribution in [0, 0.1) is 0 Å². The second-order valence-electron chi connectivity index (χ2n) is 4.81. The van der Waals surface area contributed by atoms with Crippen LogP contribution in [0.15, 0.2) is 18.3 Å². The van der Waals surface area contributed by atoms with Gasteiger partial charge in [-0.3, -0.25) is 9.69 Å². The van der Waals surface area contributed by atoms with Gasteiger partial charge in [0.1, 0.15) is 5.54 Å². The first-order chi connectivity index (χ1) is 8.56. The molecule has 2 heterocycles. The molecule has 1 atom stereocenters. The number of aliphatic carboxylic acids is 1. The fraction of sp³-hybridized carbons (Fsp3) is 0.538. The van der Waals surface area contributed by atoms with Gasteiger partial charge >= 0.3 is 5.97 Å². The Kier molecular flexibility index (Phi) is 3.52. The van der Waals surface area contributed by atoms with Crippen LogP contribution in [0.1, 0.15) is 25.3 Å². The molecule has 1 aliphatic heterocycles. The van der Waals surface area contributed by atoms with E-state index in [0.717, 1.165) is 18.5 Å². The molecule has 1 saturated heterocycles. The largest absolute Gasteiger partial charge is 0.481 e. The Morgan fingerprint density at radius 3 is 2.94 bits per heavy atom. The summed E-state index contributed by atoms with van der Waals surface area (Å²) in [5.41, 5.74) is 0.255. The van der Waals surface area contributed by atoms with Crippen molar-refractivity contribution < 1.29 is 14.6 Å². The maximum Gasteiger partial charge on any atom is 0.323 e. The van der Waals surface area contributed by atoms with E-state index >= 15 is 0 Å². The van der Waals surface area contributed by atoms with Crippen molar-refractivity contribution in [1.29, 1.82) is 0 Å². The standard InChI is InChI=1S/C13H18N2O3/c1-13(12(16)17)6-3-7-15(13)9-10-4-5-11(18-2)14-8-10/h4-5,8H,3,6-7,9H2,1-2H3,(H,16,17). The minimum Gasteiger partial charge on any atom is -0.481 e. The quantitative estimate of drug-likeness (QED) is 0.878. The second kappa shape index (κ2) is 4.94. The van der Waals surface area contributed by atoms with Crippen molar-refractivity contribution >= 4 is 5.97 Å². The summed E-state index contributed by atoms with van der Waals surface area (Å²) >= 11 is 0. The predicted octanol–water partition coefficient (Wildman–Crippen LogP) is 1.53. The van der Waals surface area contributed by atoms with E-state index in [2.05, 4.69) is 4.98 Å². The average Bonchev–Trinajstić information content (AvgIpc) is 2.73. The number of carboxylic acids is 1. The van der Waals surface area contributed by atoms with Gasteiger partial charge in [0.2, 0.25) is 5.88 Å². The number of carbonyl (C=O) groups is 1. The Balaban J connectivity index is 2.10. The highest BCUT2D eigenvalue weighted by Crippen LogP contribution is 2.30. The van der Waals surface area contributed by atoms with Crippen molar-refractivity contribution in [3.63, 3.8) is 0 Å². The number of hydrogen-bond acceptors (Lipinski definition) is 4. The monoisotopic (exact) mass is 250 g/mol. The Labute approximate surface area is 106 Å². The molecule has 1 fully saturated rings. The molecule has 98 valence electrons. The number of ether oxygens (including phenoxy) is 1. The molecule has 1 aromatic heterocycles. The summed E-state index contributed by atoms with van der Waals surface area (Å²) < 4.78 is 5.00. The topological polar surface area (TPSA) is 62.7 Å². The second-order valence-corrected chi connectivity index (χ2v) is 4.81. The van der Waals surface area contributed by atoms with Crippen LogP contribution in [-0.4, -0.2) is 40.2 Å². The summed E-state index contributed by atoms with van der Waals surface area (Å²) in [6.07, 6.45) is 3.36.